The van der Waals surface area contributed by atoms with E-state index in [9.17, 15) is 5.11 Å². The second-order valence-electron chi connectivity index (χ2n) is 4.06. The average Bonchev–Trinajstić information content (AvgIpc) is 2.61. The van der Waals surface area contributed by atoms with Crippen molar-refractivity contribution in [2.75, 3.05) is 6.61 Å². The standard InChI is InChI=1S/C12H21NOS/c1-4-5-10(3)13-11(8-14)12-9(2)6-7-15-12/h6-7,10-11,13-14H,4-5,8H2,1-3H3. The van der Waals surface area contributed by atoms with Crippen molar-refractivity contribution < 1.29 is 5.11 Å². The van der Waals surface area contributed by atoms with E-state index in [4.69, 9.17) is 0 Å². The van der Waals surface area contributed by atoms with Gasteiger partial charge in [0.25, 0.3) is 0 Å². The third kappa shape index (κ3) is 3.59. The molecule has 0 saturated carbocycles. The third-order valence-corrected chi connectivity index (χ3v) is 3.74. The fraction of sp³-hybridized carbons (Fsp3) is 0.667. The first-order valence-electron chi connectivity index (χ1n) is 5.60. The highest BCUT2D eigenvalue weighted by Gasteiger charge is 2.15. The van der Waals surface area contributed by atoms with E-state index in [1.807, 2.05) is 0 Å². The highest BCUT2D eigenvalue weighted by Crippen LogP contribution is 2.24. The lowest BCUT2D eigenvalue weighted by Gasteiger charge is -2.21. The van der Waals surface area contributed by atoms with Crippen LogP contribution in [0.4, 0.5) is 0 Å². The predicted octanol–water partition coefficient (Wildman–Crippen LogP) is 2.87. The smallest absolute Gasteiger partial charge is 0.0654 e. The zero-order valence-corrected chi connectivity index (χ0v) is 10.6. The average molecular weight is 227 g/mol. The van der Waals surface area contributed by atoms with Crippen LogP contribution in [0.5, 0.6) is 0 Å². The van der Waals surface area contributed by atoms with Gasteiger partial charge in [0.05, 0.1) is 12.6 Å². The van der Waals surface area contributed by atoms with E-state index in [1.165, 1.54) is 16.9 Å². The topological polar surface area (TPSA) is 32.3 Å². The Morgan fingerprint density at radius 1 is 1.53 bits per heavy atom. The van der Waals surface area contributed by atoms with Gasteiger partial charge >= 0.3 is 0 Å². The molecule has 0 aliphatic carbocycles. The second kappa shape index (κ2) is 6.26. The van der Waals surface area contributed by atoms with Crippen LogP contribution in [-0.2, 0) is 0 Å². The molecular weight excluding hydrogens is 206 g/mol. The second-order valence-corrected chi connectivity index (χ2v) is 5.01. The van der Waals surface area contributed by atoms with Crippen LogP contribution in [0.3, 0.4) is 0 Å². The summed E-state index contributed by atoms with van der Waals surface area (Å²) in [4.78, 5) is 1.26. The fourth-order valence-corrected chi connectivity index (χ4v) is 2.79. The summed E-state index contributed by atoms with van der Waals surface area (Å²) in [6.45, 7) is 6.63. The molecule has 0 aromatic carbocycles. The van der Waals surface area contributed by atoms with E-state index in [0.717, 1.165) is 6.42 Å². The molecule has 0 aliphatic rings. The molecule has 2 nitrogen and oxygen atoms in total. The van der Waals surface area contributed by atoms with Crippen LogP contribution in [0.1, 0.15) is 43.2 Å². The van der Waals surface area contributed by atoms with Crippen molar-refractivity contribution in [2.45, 2.75) is 45.7 Å². The Kier molecular flexibility index (Phi) is 5.29. The summed E-state index contributed by atoms with van der Waals surface area (Å²) in [5.41, 5.74) is 1.27. The third-order valence-electron chi connectivity index (χ3n) is 2.61. The number of hydrogen-bond donors (Lipinski definition) is 2. The number of hydrogen-bond acceptors (Lipinski definition) is 3. The van der Waals surface area contributed by atoms with Crippen molar-refractivity contribution in [3.05, 3.63) is 21.9 Å². The van der Waals surface area contributed by atoms with Crippen molar-refractivity contribution in [1.82, 2.24) is 5.32 Å². The van der Waals surface area contributed by atoms with Crippen LogP contribution in [-0.4, -0.2) is 17.8 Å². The molecule has 2 unspecified atom stereocenters. The van der Waals surface area contributed by atoms with E-state index in [-0.39, 0.29) is 12.6 Å². The molecule has 2 N–H and O–H groups in total. The minimum absolute atomic E-state index is 0.103. The van der Waals surface area contributed by atoms with Gasteiger partial charge in [-0.2, -0.15) is 0 Å². The number of nitrogens with one attached hydrogen (secondary N) is 1. The zero-order valence-electron chi connectivity index (χ0n) is 9.79. The summed E-state index contributed by atoms with van der Waals surface area (Å²) < 4.78 is 0. The van der Waals surface area contributed by atoms with Gasteiger partial charge in [-0.15, -0.1) is 11.3 Å². The summed E-state index contributed by atoms with van der Waals surface area (Å²) in [5.74, 6) is 0. The van der Waals surface area contributed by atoms with E-state index < -0.39 is 0 Å². The number of aryl methyl sites for hydroxylation is 1. The number of aliphatic hydroxyl groups is 1. The molecule has 0 aliphatic heterocycles. The highest BCUT2D eigenvalue weighted by molar-refractivity contribution is 7.10. The van der Waals surface area contributed by atoms with Crippen LogP contribution in [0.15, 0.2) is 11.4 Å². The van der Waals surface area contributed by atoms with Gasteiger partial charge in [-0.05, 0) is 37.3 Å². The van der Waals surface area contributed by atoms with Crippen molar-refractivity contribution >= 4 is 11.3 Å². The Hall–Kier alpha value is -0.380. The van der Waals surface area contributed by atoms with Crippen LogP contribution >= 0.6 is 11.3 Å². The predicted molar refractivity (Wildman–Crippen MR) is 66.4 cm³/mol. The van der Waals surface area contributed by atoms with Gasteiger partial charge in [0, 0.05) is 10.9 Å². The molecule has 86 valence electrons. The minimum Gasteiger partial charge on any atom is -0.394 e. The lowest BCUT2D eigenvalue weighted by atomic mass is 10.1. The van der Waals surface area contributed by atoms with Gasteiger partial charge in [-0.3, -0.25) is 0 Å². The normalized spacial score (nSPS) is 15.2. The molecule has 1 heterocycles. The fourth-order valence-electron chi connectivity index (χ4n) is 1.81. The van der Waals surface area contributed by atoms with E-state index in [2.05, 4.69) is 37.5 Å². The molecule has 1 aromatic rings. The minimum atomic E-state index is 0.103. The lowest BCUT2D eigenvalue weighted by molar-refractivity contribution is 0.234. The molecule has 1 aromatic heterocycles. The molecule has 15 heavy (non-hydrogen) atoms. The van der Waals surface area contributed by atoms with Crippen LogP contribution < -0.4 is 5.32 Å². The maximum atomic E-state index is 9.38. The monoisotopic (exact) mass is 227 g/mol. The van der Waals surface area contributed by atoms with E-state index >= 15 is 0 Å². The Bertz CT molecular complexity index is 285. The summed E-state index contributed by atoms with van der Waals surface area (Å²) >= 11 is 1.72. The highest BCUT2D eigenvalue weighted by atomic mass is 32.1. The van der Waals surface area contributed by atoms with E-state index in [1.54, 1.807) is 11.3 Å². The molecule has 0 amide bonds. The van der Waals surface area contributed by atoms with Gasteiger partial charge in [-0.25, -0.2) is 0 Å². The molecule has 0 bridgehead atoms. The van der Waals surface area contributed by atoms with Crippen molar-refractivity contribution in [1.29, 1.82) is 0 Å². The largest absolute Gasteiger partial charge is 0.394 e. The molecule has 1 rings (SSSR count). The molecule has 2 atom stereocenters. The van der Waals surface area contributed by atoms with Crippen molar-refractivity contribution in [2.24, 2.45) is 0 Å². The first kappa shape index (κ1) is 12.7. The first-order chi connectivity index (χ1) is 7.19. The Labute approximate surface area is 96.3 Å². The maximum Gasteiger partial charge on any atom is 0.0654 e. The number of aliphatic hydroxyl groups excluding tert-OH is 1. The molecule has 0 saturated heterocycles. The summed E-state index contributed by atoms with van der Waals surface area (Å²) in [6.07, 6.45) is 2.33. The summed E-state index contributed by atoms with van der Waals surface area (Å²) in [5, 5.41) is 14.9. The number of rotatable bonds is 6. The van der Waals surface area contributed by atoms with Gasteiger partial charge in [0.15, 0.2) is 0 Å². The summed E-state index contributed by atoms with van der Waals surface area (Å²) in [6, 6.07) is 2.68. The van der Waals surface area contributed by atoms with Crippen LogP contribution in [0, 0.1) is 6.92 Å². The molecule has 0 fully saturated rings. The van der Waals surface area contributed by atoms with E-state index in [0.29, 0.717) is 6.04 Å². The number of thiophene rings is 1. The SMILES string of the molecule is CCCC(C)NC(CO)c1sccc1C. The van der Waals surface area contributed by atoms with Crippen molar-refractivity contribution in [3.63, 3.8) is 0 Å². The Morgan fingerprint density at radius 2 is 2.27 bits per heavy atom. The molecule has 0 spiro atoms. The molecule has 0 radical (unpaired) electrons. The molecular formula is C12H21NOS. The van der Waals surface area contributed by atoms with Crippen LogP contribution in [0.2, 0.25) is 0 Å². The Balaban J connectivity index is 2.60. The van der Waals surface area contributed by atoms with Gasteiger partial charge in [0.1, 0.15) is 0 Å². The quantitative estimate of drug-likeness (QED) is 0.783. The zero-order chi connectivity index (χ0) is 11.3. The summed E-state index contributed by atoms with van der Waals surface area (Å²) in [7, 11) is 0. The van der Waals surface area contributed by atoms with Gasteiger partial charge in [-0.1, -0.05) is 13.3 Å². The molecule has 3 heteroatoms. The Morgan fingerprint density at radius 3 is 2.73 bits per heavy atom. The maximum absolute atomic E-state index is 9.38. The van der Waals surface area contributed by atoms with Gasteiger partial charge in [0.2, 0.25) is 0 Å². The van der Waals surface area contributed by atoms with Crippen molar-refractivity contribution in [3.8, 4) is 0 Å². The van der Waals surface area contributed by atoms with Gasteiger partial charge < -0.3 is 10.4 Å². The first-order valence-corrected chi connectivity index (χ1v) is 6.47. The van der Waals surface area contributed by atoms with Crippen LogP contribution in [0.25, 0.3) is 0 Å². The lowest BCUT2D eigenvalue weighted by Crippen LogP contribution is -2.32.